The van der Waals surface area contributed by atoms with E-state index in [-0.39, 0.29) is 0 Å². The normalized spacial score (nSPS) is 15.9. The molecular weight excluding hydrogens is 311 g/mol. The highest BCUT2D eigenvalue weighted by molar-refractivity contribution is 7.85. The molecule has 0 saturated heterocycles. The quantitative estimate of drug-likeness (QED) is 0.629. The number of halogens is 9. The molecule has 0 fully saturated rings. The van der Waals surface area contributed by atoms with E-state index in [1.807, 2.05) is 0 Å². The van der Waals surface area contributed by atoms with Gasteiger partial charge in [-0.1, -0.05) is 0 Å². The van der Waals surface area contributed by atoms with E-state index in [9.17, 15) is 47.9 Å². The van der Waals surface area contributed by atoms with Crippen molar-refractivity contribution in [2.24, 2.45) is 5.41 Å². The maximum Gasteiger partial charge on any atom is 0.413 e. The molecule has 18 heavy (non-hydrogen) atoms. The number of hydrogen-bond acceptors (Lipinski definition) is 2. The summed E-state index contributed by atoms with van der Waals surface area (Å²) in [5, 5.41) is 0. The monoisotopic (exact) mass is 314 g/mol. The van der Waals surface area contributed by atoms with Crippen LogP contribution in [0.3, 0.4) is 0 Å². The second-order valence-electron chi connectivity index (χ2n) is 3.12. The van der Waals surface area contributed by atoms with Gasteiger partial charge in [0.05, 0.1) is 0 Å². The molecule has 0 aromatic heterocycles. The molecule has 110 valence electrons. The first-order valence-electron chi connectivity index (χ1n) is 3.61. The van der Waals surface area contributed by atoms with Crippen LogP contribution in [-0.2, 0) is 10.1 Å². The van der Waals surface area contributed by atoms with Crippen LogP contribution in [0.15, 0.2) is 0 Å². The van der Waals surface area contributed by atoms with Crippen LogP contribution in [0.25, 0.3) is 0 Å². The lowest BCUT2D eigenvalue weighted by Gasteiger charge is -2.37. The molecule has 13 heteroatoms. The summed E-state index contributed by atoms with van der Waals surface area (Å²) in [5.41, 5.74) is -6.54. The Balaban J connectivity index is 6.27. The van der Waals surface area contributed by atoms with E-state index in [2.05, 4.69) is 0 Å². The topological polar surface area (TPSA) is 54.4 Å². The van der Waals surface area contributed by atoms with E-state index in [0.717, 1.165) is 0 Å². The highest BCUT2D eigenvalue weighted by atomic mass is 32.2. The highest BCUT2D eigenvalue weighted by Gasteiger charge is 2.84. The van der Waals surface area contributed by atoms with Crippen molar-refractivity contribution in [3.8, 4) is 0 Å². The average Bonchev–Trinajstić information content (AvgIpc) is 1.90. The summed E-state index contributed by atoms with van der Waals surface area (Å²) in [6.45, 7) is 0. The van der Waals surface area contributed by atoms with Crippen LogP contribution >= 0.6 is 0 Å². The summed E-state index contributed by atoms with van der Waals surface area (Å²) in [7, 11) is -6.19. The maximum atomic E-state index is 12.1. The zero-order chi connectivity index (χ0) is 15.2. The summed E-state index contributed by atoms with van der Waals surface area (Å²) in [5.74, 6) is -3.59. The standard InChI is InChI=1S/C5H3F9O3S/c6-3(7,8)2(4(9,10)11,5(12,13)14)1-18(15,16)17/h1H2,(H,15,16,17). The second kappa shape index (κ2) is 4.15. The highest BCUT2D eigenvalue weighted by Crippen LogP contribution is 2.59. The molecular formula is C5H3F9O3S. The predicted octanol–water partition coefficient (Wildman–Crippen LogP) is 2.55. The first-order chi connectivity index (χ1) is 7.46. The van der Waals surface area contributed by atoms with Crippen molar-refractivity contribution in [1.29, 1.82) is 0 Å². The van der Waals surface area contributed by atoms with Gasteiger partial charge in [0.15, 0.2) is 0 Å². The van der Waals surface area contributed by atoms with E-state index in [0.29, 0.717) is 0 Å². The first-order valence-corrected chi connectivity index (χ1v) is 5.22. The summed E-state index contributed by atoms with van der Waals surface area (Å²) in [6.07, 6.45) is -21.0. The molecule has 0 aromatic carbocycles. The molecule has 0 saturated carbocycles. The molecule has 0 spiro atoms. The van der Waals surface area contributed by atoms with Crippen molar-refractivity contribution in [2.75, 3.05) is 5.75 Å². The van der Waals surface area contributed by atoms with Gasteiger partial charge in [0.1, 0.15) is 5.75 Å². The Morgan fingerprint density at radius 2 is 0.944 bits per heavy atom. The molecule has 0 unspecified atom stereocenters. The van der Waals surface area contributed by atoms with Crippen LogP contribution in [0.5, 0.6) is 0 Å². The van der Waals surface area contributed by atoms with Gasteiger partial charge in [-0.3, -0.25) is 4.55 Å². The van der Waals surface area contributed by atoms with Crippen LogP contribution in [0, 0.1) is 5.41 Å². The van der Waals surface area contributed by atoms with Crippen molar-refractivity contribution in [2.45, 2.75) is 18.5 Å². The van der Waals surface area contributed by atoms with E-state index in [1.165, 1.54) is 0 Å². The van der Waals surface area contributed by atoms with Crippen LogP contribution in [0.1, 0.15) is 0 Å². The van der Waals surface area contributed by atoms with Crippen molar-refractivity contribution in [1.82, 2.24) is 0 Å². The Morgan fingerprint density at radius 3 is 1.00 bits per heavy atom. The molecule has 0 amide bonds. The summed E-state index contributed by atoms with van der Waals surface area (Å²) in [4.78, 5) is 0. The molecule has 0 radical (unpaired) electrons. The van der Waals surface area contributed by atoms with Gasteiger partial charge in [0.2, 0.25) is 0 Å². The van der Waals surface area contributed by atoms with Crippen LogP contribution in [0.2, 0.25) is 0 Å². The molecule has 0 rings (SSSR count). The molecule has 0 bridgehead atoms. The third kappa shape index (κ3) is 2.99. The zero-order valence-electron chi connectivity index (χ0n) is 7.78. The minimum atomic E-state index is -7.00. The molecule has 0 aliphatic rings. The van der Waals surface area contributed by atoms with Crippen molar-refractivity contribution < 1.29 is 52.5 Å². The summed E-state index contributed by atoms with van der Waals surface area (Å²) in [6, 6.07) is 0. The molecule has 0 atom stereocenters. The lowest BCUT2D eigenvalue weighted by atomic mass is 9.88. The predicted molar refractivity (Wildman–Crippen MR) is 37.0 cm³/mol. The van der Waals surface area contributed by atoms with Gasteiger partial charge in [-0.25, -0.2) is 0 Å². The molecule has 0 aliphatic heterocycles. The number of hydrogen-bond donors (Lipinski definition) is 1. The van der Waals surface area contributed by atoms with Gasteiger partial charge in [-0.2, -0.15) is 47.9 Å². The molecule has 1 N–H and O–H groups in total. The Hall–Kier alpha value is -0.720. The molecule has 0 aromatic rings. The minimum Gasteiger partial charge on any atom is -0.286 e. The summed E-state index contributed by atoms with van der Waals surface area (Å²) >= 11 is 0. The van der Waals surface area contributed by atoms with Crippen molar-refractivity contribution >= 4 is 10.1 Å². The lowest BCUT2D eigenvalue weighted by Crippen LogP contribution is -2.63. The number of rotatable bonds is 2. The Kier molecular flexibility index (Phi) is 3.98. The zero-order valence-corrected chi connectivity index (χ0v) is 8.60. The van der Waals surface area contributed by atoms with Crippen molar-refractivity contribution in [3.05, 3.63) is 0 Å². The lowest BCUT2D eigenvalue weighted by molar-refractivity contribution is -0.418. The van der Waals surface area contributed by atoms with E-state index in [1.54, 1.807) is 0 Å². The Morgan fingerprint density at radius 1 is 0.722 bits per heavy atom. The van der Waals surface area contributed by atoms with Gasteiger partial charge in [-0.05, 0) is 0 Å². The third-order valence-corrected chi connectivity index (χ3v) is 2.65. The fraction of sp³-hybridized carbons (Fsp3) is 1.00. The van der Waals surface area contributed by atoms with E-state index in [4.69, 9.17) is 4.55 Å². The van der Waals surface area contributed by atoms with Crippen LogP contribution in [0.4, 0.5) is 39.5 Å². The third-order valence-electron chi connectivity index (χ3n) is 1.85. The molecule has 0 aliphatic carbocycles. The molecule has 3 nitrogen and oxygen atoms in total. The Labute approximate surface area is 93.3 Å². The van der Waals surface area contributed by atoms with Crippen LogP contribution < -0.4 is 0 Å². The van der Waals surface area contributed by atoms with Gasteiger partial charge in [0, 0.05) is 0 Å². The van der Waals surface area contributed by atoms with Gasteiger partial charge >= 0.3 is 18.5 Å². The van der Waals surface area contributed by atoms with Crippen molar-refractivity contribution in [3.63, 3.8) is 0 Å². The minimum absolute atomic E-state index is 3.59. The first kappa shape index (κ1) is 17.3. The molecule has 0 heterocycles. The SMILES string of the molecule is O=S(=O)(O)CC(C(F)(F)F)(C(F)(F)F)C(F)(F)F. The average molecular weight is 314 g/mol. The van der Waals surface area contributed by atoms with Gasteiger partial charge in [0.25, 0.3) is 15.5 Å². The van der Waals surface area contributed by atoms with Gasteiger partial charge in [-0.15, -0.1) is 0 Å². The van der Waals surface area contributed by atoms with Crippen LogP contribution in [-0.4, -0.2) is 37.3 Å². The van der Waals surface area contributed by atoms with E-state index < -0.39 is 39.8 Å². The largest absolute Gasteiger partial charge is 0.413 e. The fourth-order valence-electron chi connectivity index (χ4n) is 1.00. The van der Waals surface area contributed by atoms with Gasteiger partial charge < -0.3 is 0 Å². The second-order valence-corrected chi connectivity index (χ2v) is 4.58. The smallest absolute Gasteiger partial charge is 0.286 e. The Bertz CT molecular complexity index is 363. The van der Waals surface area contributed by atoms with E-state index >= 15 is 0 Å². The fourth-order valence-corrected chi connectivity index (χ4v) is 2.04. The number of alkyl halides is 9. The maximum absolute atomic E-state index is 12.1. The summed E-state index contributed by atoms with van der Waals surface area (Å²) < 4.78 is 137.